The molecule has 0 heterocycles. The van der Waals surface area contributed by atoms with Crippen LogP contribution in [-0.4, -0.2) is 24.8 Å². The van der Waals surface area contributed by atoms with Crippen LogP contribution in [0.25, 0.3) is 5.57 Å². The topological polar surface area (TPSA) is 64.7 Å². The predicted molar refractivity (Wildman–Crippen MR) is 86.0 cm³/mol. The summed E-state index contributed by atoms with van der Waals surface area (Å²) in [6, 6.07) is 4.77. The number of rotatable bonds is 7. The number of methoxy groups -OCH3 is 1. The van der Waals surface area contributed by atoms with Gasteiger partial charge in [-0.1, -0.05) is 18.2 Å². The first kappa shape index (κ1) is 16.4. The van der Waals surface area contributed by atoms with Crippen LogP contribution in [-0.2, 0) is 0 Å². The minimum Gasteiger partial charge on any atom is -0.490 e. The number of aliphatic imine (C=N–C) groups is 1. The molecule has 0 radical (unpaired) electrons. The summed E-state index contributed by atoms with van der Waals surface area (Å²) >= 11 is 0. The predicted octanol–water partition coefficient (Wildman–Crippen LogP) is 3.82. The molecule has 1 aromatic rings. The van der Waals surface area contributed by atoms with Crippen molar-refractivity contribution in [2.45, 2.75) is 6.92 Å². The molecule has 0 N–H and O–H groups in total. The van der Waals surface area contributed by atoms with E-state index < -0.39 is 4.92 Å². The van der Waals surface area contributed by atoms with Crippen LogP contribution in [0.5, 0.6) is 5.75 Å². The van der Waals surface area contributed by atoms with E-state index in [4.69, 9.17) is 4.74 Å². The van der Waals surface area contributed by atoms with Crippen molar-refractivity contribution in [3.63, 3.8) is 0 Å². The molecule has 1 rings (SSSR count). The van der Waals surface area contributed by atoms with Crippen LogP contribution in [0.3, 0.4) is 0 Å². The Morgan fingerprint density at radius 3 is 2.86 bits per heavy atom. The van der Waals surface area contributed by atoms with Crippen LogP contribution in [0.2, 0.25) is 0 Å². The third-order valence-corrected chi connectivity index (χ3v) is 2.65. The average molecular weight is 286 g/mol. The number of ether oxygens (including phenoxy) is 1. The lowest BCUT2D eigenvalue weighted by Gasteiger charge is -2.06. The van der Waals surface area contributed by atoms with Gasteiger partial charge < -0.3 is 4.74 Å². The van der Waals surface area contributed by atoms with Gasteiger partial charge in [-0.05, 0) is 36.3 Å². The Kier molecular flexibility index (Phi) is 6.60. The van der Waals surface area contributed by atoms with E-state index in [1.165, 1.54) is 13.2 Å². The zero-order chi connectivity index (χ0) is 15.7. The van der Waals surface area contributed by atoms with Crippen molar-refractivity contribution in [2.75, 3.05) is 13.7 Å². The van der Waals surface area contributed by atoms with E-state index in [-0.39, 0.29) is 11.4 Å². The molecule has 21 heavy (non-hydrogen) atoms. The fraction of sp³-hybridized carbons (Fsp3) is 0.188. The number of hydrogen-bond donors (Lipinski definition) is 0. The molecular weight excluding hydrogens is 268 g/mol. The summed E-state index contributed by atoms with van der Waals surface area (Å²) in [5.41, 5.74) is 1.65. The van der Waals surface area contributed by atoms with Crippen molar-refractivity contribution in [2.24, 2.45) is 4.99 Å². The van der Waals surface area contributed by atoms with Gasteiger partial charge in [-0.3, -0.25) is 15.1 Å². The number of benzene rings is 1. The summed E-state index contributed by atoms with van der Waals surface area (Å²) in [4.78, 5) is 14.6. The van der Waals surface area contributed by atoms with Gasteiger partial charge in [-0.15, -0.1) is 6.58 Å². The maximum Gasteiger partial charge on any atom is 0.310 e. The quantitative estimate of drug-likeness (QED) is 0.251. The van der Waals surface area contributed by atoms with Crippen molar-refractivity contribution in [1.82, 2.24) is 0 Å². The first-order valence-corrected chi connectivity index (χ1v) is 6.40. The highest BCUT2D eigenvalue weighted by molar-refractivity contribution is 5.89. The SMILES string of the molecule is C=CCN=C/C=C(\C=C/C)c1ccc([N+](=O)[O-])c(OC)c1. The van der Waals surface area contributed by atoms with Gasteiger partial charge in [-0.25, -0.2) is 0 Å². The summed E-state index contributed by atoms with van der Waals surface area (Å²) in [7, 11) is 1.41. The highest BCUT2D eigenvalue weighted by Crippen LogP contribution is 2.30. The molecule has 1 aromatic carbocycles. The molecule has 0 spiro atoms. The zero-order valence-corrected chi connectivity index (χ0v) is 12.2. The van der Waals surface area contributed by atoms with Crippen LogP contribution in [0.15, 0.2) is 54.1 Å². The molecule has 0 aliphatic carbocycles. The minimum absolute atomic E-state index is 0.0543. The molecule has 0 aliphatic heterocycles. The smallest absolute Gasteiger partial charge is 0.310 e. The van der Waals surface area contributed by atoms with Crippen LogP contribution in [0.1, 0.15) is 12.5 Å². The number of nitro benzene ring substituents is 1. The Morgan fingerprint density at radius 2 is 2.29 bits per heavy atom. The number of allylic oxidation sites excluding steroid dienone is 4. The van der Waals surface area contributed by atoms with Gasteiger partial charge >= 0.3 is 5.69 Å². The number of hydrogen-bond acceptors (Lipinski definition) is 4. The molecule has 5 nitrogen and oxygen atoms in total. The van der Waals surface area contributed by atoms with E-state index in [2.05, 4.69) is 11.6 Å². The maximum atomic E-state index is 10.9. The average Bonchev–Trinajstić information content (AvgIpc) is 2.49. The van der Waals surface area contributed by atoms with Gasteiger partial charge in [0.1, 0.15) is 0 Å². The van der Waals surface area contributed by atoms with Gasteiger partial charge in [0.15, 0.2) is 5.75 Å². The monoisotopic (exact) mass is 286 g/mol. The molecule has 0 unspecified atom stereocenters. The standard InChI is InChI=1S/C16H18N2O3/c1-4-6-13(9-11-17-10-5-2)14-7-8-15(18(19)20)16(12-14)21-3/h4-9,11-12H,2,10H2,1,3H3/b6-4-,13-9+,17-11?. The van der Waals surface area contributed by atoms with Crippen molar-refractivity contribution in [3.05, 3.63) is 64.8 Å². The van der Waals surface area contributed by atoms with Crippen LogP contribution >= 0.6 is 0 Å². The van der Waals surface area contributed by atoms with Crippen LogP contribution in [0.4, 0.5) is 5.69 Å². The highest BCUT2D eigenvalue weighted by Gasteiger charge is 2.15. The van der Waals surface area contributed by atoms with Crippen molar-refractivity contribution in [3.8, 4) is 5.75 Å². The van der Waals surface area contributed by atoms with Crippen molar-refractivity contribution in [1.29, 1.82) is 0 Å². The first-order valence-electron chi connectivity index (χ1n) is 6.40. The Balaban J connectivity index is 3.20. The van der Waals surface area contributed by atoms with Gasteiger partial charge in [-0.2, -0.15) is 0 Å². The largest absolute Gasteiger partial charge is 0.490 e. The van der Waals surface area contributed by atoms with Crippen LogP contribution < -0.4 is 4.74 Å². The second-order valence-electron chi connectivity index (χ2n) is 4.07. The van der Waals surface area contributed by atoms with Crippen molar-refractivity contribution < 1.29 is 9.66 Å². The third kappa shape index (κ3) is 4.72. The van der Waals surface area contributed by atoms with Crippen molar-refractivity contribution >= 4 is 17.5 Å². The summed E-state index contributed by atoms with van der Waals surface area (Å²) in [5, 5.41) is 10.9. The summed E-state index contributed by atoms with van der Waals surface area (Å²) < 4.78 is 5.08. The molecule has 0 saturated carbocycles. The second kappa shape index (κ2) is 8.47. The van der Waals surface area contributed by atoms with Gasteiger partial charge in [0.05, 0.1) is 18.6 Å². The third-order valence-electron chi connectivity index (χ3n) is 2.65. The molecule has 0 amide bonds. The Bertz CT molecular complexity index is 602. The van der Waals surface area contributed by atoms with E-state index in [9.17, 15) is 10.1 Å². The van der Waals surface area contributed by atoms with Crippen LogP contribution in [0, 0.1) is 10.1 Å². The molecule has 0 atom stereocenters. The fourth-order valence-electron chi connectivity index (χ4n) is 1.70. The Morgan fingerprint density at radius 1 is 1.52 bits per heavy atom. The number of nitro groups is 1. The normalized spacial score (nSPS) is 12.0. The lowest BCUT2D eigenvalue weighted by atomic mass is 10.0. The second-order valence-corrected chi connectivity index (χ2v) is 4.07. The summed E-state index contributed by atoms with van der Waals surface area (Å²) in [6.45, 7) is 6.04. The molecule has 0 saturated heterocycles. The van der Waals surface area contributed by atoms with Gasteiger partial charge in [0.2, 0.25) is 0 Å². The lowest BCUT2D eigenvalue weighted by molar-refractivity contribution is -0.385. The molecule has 0 aromatic heterocycles. The Hall–Kier alpha value is -2.69. The van der Waals surface area contributed by atoms with E-state index in [0.29, 0.717) is 6.54 Å². The van der Waals surface area contributed by atoms with E-state index in [1.807, 2.05) is 25.2 Å². The van der Waals surface area contributed by atoms with Gasteiger partial charge in [0, 0.05) is 12.3 Å². The summed E-state index contributed by atoms with van der Waals surface area (Å²) in [5.74, 6) is 0.232. The zero-order valence-electron chi connectivity index (χ0n) is 12.2. The van der Waals surface area contributed by atoms with E-state index >= 15 is 0 Å². The lowest BCUT2D eigenvalue weighted by Crippen LogP contribution is -1.95. The maximum absolute atomic E-state index is 10.9. The molecule has 110 valence electrons. The molecule has 5 heteroatoms. The molecule has 0 fully saturated rings. The molecule has 0 bridgehead atoms. The van der Waals surface area contributed by atoms with Gasteiger partial charge in [0.25, 0.3) is 0 Å². The number of nitrogens with zero attached hydrogens (tertiary/aromatic N) is 2. The Labute approximate surface area is 124 Å². The first-order chi connectivity index (χ1) is 10.1. The van der Waals surface area contributed by atoms with E-state index in [0.717, 1.165) is 11.1 Å². The fourth-order valence-corrected chi connectivity index (χ4v) is 1.70. The van der Waals surface area contributed by atoms with E-state index in [1.54, 1.807) is 24.4 Å². The summed E-state index contributed by atoms with van der Waals surface area (Å²) in [6.07, 6.45) is 9.02. The highest BCUT2D eigenvalue weighted by atomic mass is 16.6. The molecule has 0 aliphatic rings. The minimum atomic E-state index is -0.465. The molecular formula is C16H18N2O3.